The van der Waals surface area contributed by atoms with Gasteiger partial charge in [0.15, 0.2) is 4.90 Å². The molecule has 0 bridgehead atoms. The fraction of sp³-hybridized carbons (Fsp3) is 0.364. The molecular formula is C22H24FN3O7S. The minimum atomic E-state index is -4.40. The Morgan fingerprint density at radius 3 is 2.56 bits per heavy atom. The first kappa shape index (κ1) is 25.2. The molecule has 182 valence electrons. The van der Waals surface area contributed by atoms with Gasteiger partial charge in [0.05, 0.1) is 12.0 Å². The van der Waals surface area contributed by atoms with Gasteiger partial charge in [-0.15, -0.1) is 0 Å². The van der Waals surface area contributed by atoms with E-state index in [0.29, 0.717) is 5.56 Å². The summed E-state index contributed by atoms with van der Waals surface area (Å²) in [6, 6.07) is 6.94. The molecule has 1 fully saturated rings. The van der Waals surface area contributed by atoms with Crippen molar-refractivity contribution >= 4 is 27.6 Å². The van der Waals surface area contributed by atoms with Crippen molar-refractivity contribution in [3.05, 3.63) is 69.5 Å². The van der Waals surface area contributed by atoms with Gasteiger partial charge in [-0.2, -0.15) is 4.31 Å². The van der Waals surface area contributed by atoms with E-state index in [2.05, 4.69) is 0 Å². The van der Waals surface area contributed by atoms with E-state index in [4.69, 9.17) is 4.74 Å². The second kappa shape index (κ2) is 9.85. The minimum Gasteiger partial charge on any atom is -0.467 e. The van der Waals surface area contributed by atoms with Gasteiger partial charge in [-0.3, -0.25) is 14.9 Å². The van der Waals surface area contributed by atoms with Crippen molar-refractivity contribution < 1.29 is 32.1 Å². The molecule has 0 saturated carbocycles. The monoisotopic (exact) mass is 493 g/mol. The third-order valence-corrected chi connectivity index (χ3v) is 7.77. The predicted molar refractivity (Wildman–Crippen MR) is 119 cm³/mol. The van der Waals surface area contributed by atoms with Crippen LogP contribution >= 0.6 is 0 Å². The average Bonchev–Trinajstić information content (AvgIpc) is 2.80. The SMILES string of the molecule is COC(=O)[C@H](Cc1ccc(C)cc1F)N1CCN(S(=O)(=O)c2ccccc2[N+](=O)[O-])[C@@H](C)C1=O. The fourth-order valence-electron chi connectivity index (χ4n) is 3.95. The first-order chi connectivity index (χ1) is 16.0. The van der Waals surface area contributed by atoms with Crippen LogP contribution < -0.4 is 0 Å². The van der Waals surface area contributed by atoms with Gasteiger partial charge in [0.1, 0.15) is 17.9 Å². The maximum atomic E-state index is 14.4. The molecular weight excluding hydrogens is 469 g/mol. The lowest BCUT2D eigenvalue weighted by atomic mass is 10.0. The third-order valence-electron chi connectivity index (χ3n) is 5.75. The van der Waals surface area contributed by atoms with Gasteiger partial charge in [0, 0.05) is 25.6 Å². The Kier molecular flexibility index (Phi) is 7.32. The number of carbonyl (C=O) groups excluding carboxylic acids is 2. The molecule has 3 rings (SSSR count). The summed E-state index contributed by atoms with van der Waals surface area (Å²) < 4.78 is 46.6. The molecule has 1 amide bonds. The number of para-hydroxylation sites is 1. The van der Waals surface area contributed by atoms with Gasteiger partial charge in [-0.1, -0.05) is 24.3 Å². The van der Waals surface area contributed by atoms with Crippen LogP contribution in [0.1, 0.15) is 18.1 Å². The molecule has 1 heterocycles. The van der Waals surface area contributed by atoms with E-state index in [1.165, 1.54) is 36.1 Å². The molecule has 10 nitrogen and oxygen atoms in total. The van der Waals surface area contributed by atoms with Crippen molar-refractivity contribution in [2.45, 2.75) is 37.2 Å². The molecule has 2 aromatic carbocycles. The number of carbonyl (C=O) groups is 2. The highest BCUT2D eigenvalue weighted by molar-refractivity contribution is 7.89. The summed E-state index contributed by atoms with van der Waals surface area (Å²) in [5.41, 5.74) is 0.290. The number of esters is 1. The van der Waals surface area contributed by atoms with Crippen molar-refractivity contribution in [1.82, 2.24) is 9.21 Å². The number of hydrogen-bond donors (Lipinski definition) is 0. The molecule has 0 radical (unpaired) electrons. The number of aryl methyl sites for hydroxylation is 1. The van der Waals surface area contributed by atoms with Crippen LogP contribution in [0.4, 0.5) is 10.1 Å². The van der Waals surface area contributed by atoms with E-state index in [0.717, 1.165) is 23.5 Å². The van der Waals surface area contributed by atoms with Crippen molar-refractivity contribution in [2.75, 3.05) is 20.2 Å². The van der Waals surface area contributed by atoms with E-state index in [1.54, 1.807) is 13.0 Å². The van der Waals surface area contributed by atoms with E-state index in [1.807, 2.05) is 0 Å². The molecule has 0 aliphatic carbocycles. The van der Waals surface area contributed by atoms with Gasteiger partial charge in [0.2, 0.25) is 5.91 Å². The Hall–Kier alpha value is -3.38. The standard InChI is InChI=1S/C22H24FN3O7S/c1-14-8-9-16(17(23)12-14)13-19(22(28)33-3)24-10-11-25(15(2)21(24)27)34(31,32)20-7-5-4-6-18(20)26(29)30/h4-9,12,15,19H,10-11,13H2,1-3H3/t15-,19-/m0/s1. The Labute approximate surface area is 196 Å². The zero-order valence-corrected chi connectivity index (χ0v) is 19.6. The van der Waals surface area contributed by atoms with Crippen LogP contribution in [-0.4, -0.2) is 66.7 Å². The Morgan fingerprint density at radius 1 is 1.26 bits per heavy atom. The topological polar surface area (TPSA) is 127 Å². The van der Waals surface area contributed by atoms with E-state index < -0.39 is 55.3 Å². The molecule has 1 aliphatic heterocycles. The number of methoxy groups -OCH3 is 1. The number of nitrogens with zero attached hydrogens (tertiary/aromatic N) is 3. The summed E-state index contributed by atoms with van der Waals surface area (Å²) in [4.78, 5) is 36.9. The summed E-state index contributed by atoms with van der Waals surface area (Å²) in [6.07, 6.45) is -0.159. The lowest BCUT2D eigenvalue weighted by molar-refractivity contribution is -0.387. The lowest BCUT2D eigenvalue weighted by Crippen LogP contribution is -2.61. The van der Waals surface area contributed by atoms with Gasteiger partial charge < -0.3 is 9.64 Å². The van der Waals surface area contributed by atoms with Crippen molar-refractivity contribution in [1.29, 1.82) is 0 Å². The molecule has 34 heavy (non-hydrogen) atoms. The molecule has 0 unspecified atom stereocenters. The lowest BCUT2D eigenvalue weighted by Gasteiger charge is -2.41. The van der Waals surface area contributed by atoms with E-state index in [-0.39, 0.29) is 25.1 Å². The number of nitro benzene ring substituents is 1. The Balaban J connectivity index is 1.91. The number of sulfonamides is 1. The zero-order valence-electron chi connectivity index (χ0n) is 18.8. The normalized spacial score (nSPS) is 17.9. The van der Waals surface area contributed by atoms with Crippen LogP contribution in [0.15, 0.2) is 47.4 Å². The Bertz CT molecular complexity index is 1230. The number of halogens is 1. The smallest absolute Gasteiger partial charge is 0.328 e. The summed E-state index contributed by atoms with van der Waals surface area (Å²) >= 11 is 0. The van der Waals surface area contributed by atoms with Crippen molar-refractivity contribution in [3.63, 3.8) is 0 Å². The average molecular weight is 494 g/mol. The van der Waals surface area contributed by atoms with Crippen LogP contribution in [0.2, 0.25) is 0 Å². The fourth-order valence-corrected chi connectivity index (χ4v) is 5.69. The first-order valence-electron chi connectivity index (χ1n) is 10.4. The number of hydrogen-bond acceptors (Lipinski definition) is 7. The molecule has 2 aromatic rings. The number of amides is 1. The second-order valence-corrected chi connectivity index (χ2v) is 9.75. The van der Waals surface area contributed by atoms with Crippen molar-refractivity contribution in [2.24, 2.45) is 0 Å². The molecule has 1 aliphatic rings. The van der Waals surface area contributed by atoms with E-state index in [9.17, 15) is 32.5 Å². The van der Waals surface area contributed by atoms with Crippen LogP contribution in [0, 0.1) is 22.9 Å². The van der Waals surface area contributed by atoms with Gasteiger partial charge in [-0.25, -0.2) is 17.6 Å². The molecule has 0 N–H and O–H groups in total. The second-order valence-electron chi connectivity index (χ2n) is 7.89. The number of rotatable bonds is 7. The summed E-state index contributed by atoms with van der Waals surface area (Å²) in [7, 11) is -3.25. The summed E-state index contributed by atoms with van der Waals surface area (Å²) in [6.45, 7) is 2.65. The third kappa shape index (κ3) is 4.77. The summed E-state index contributed by atoms with van der Waals surface area (Å²) in [5, 5.41) is 11.3. The van der Waals surface area contributed by atoms with Crippen LogP contribution in [0.5, 0.6) is 0 Å². The number of benzene rings is 2. The number of nitro groups is 1. The molecule has 0 aromatic heterocycles. The van der Waals surface area contributed by atoms with Crippen molar-refractivity contribution in [3.8, 4) is 0 Å². The van der Waals surface area contributed by atoms with Gasteiger partial charge in [-0.05, 0) is 37.1 Å². The number of piperazine rings is 1. The highest BCUT2D eigenvalue weighted by atomic mass is 32.2. The minimum absolute atomic E-state index is 0.159. The quantitative estimate of drug-likeness (QED) is 0.328. The highest BCUT2D eigenvalue weighted by Gasteiger charge is 2.44. The molecule has 12 heteroatoms. The molecule has 2 atom stereocenters. The van der Waals surface area contributed by atoms with E-state index >= 15 is 0 Å². The predicted octanol–water partition coefficient (Wildman–Crippen LogP) is 2.05. The number of ether oxygens (including phenoxy) is 1. The first-order valence-corrected chi connectivity index (χ1v) is 11.8. The van der Waals surface area contributed by atoms with Gasteiger partial charge in [0.25, 0.3) is 15.7 Å². The van der Waals surface area contributed by atoms with Crippen LogP contribution in [-0.2, 0) is 30.8 Å². The zero-order chi connectivity index (χ0) is 25.2. The largest absolute Gasteiger partial charge is 0.467 e. The summed E-state index contributed by atoms with van der Waals surface area (Å²) in [5.74, 6) is -2.00. The van der Waals surface area contributed by atoms with Crippen LogP contribution in [0.3, 0.4) is 0 Å². The highest BCUT2D eigenvalue weighted by Crippen LogP contribution is 2.30. The molecule has 0 spiro atoms. The Morgan fingerprint density at radius 2 is 1.94 bits per heavy atom. The maximum absolute atomic E-state index is 14.4. The molecule has 1 saturated heterocycles. The van der Waals surface area contributed by atoms with Crippen LogP contribution in [0.25, 0.3) is 0 Å². The van der Waals surface area contributed by atoms with Gasteiger partial charge >= 0.3 is 5.97 Å². The maximum Gasteiger partial charge on any atom is 0.328 e.